The van der Waals surface area contributed by atoms with Crippen LogP contribution in [0.1, 0.15) is 0 Å². The number of rotatable bonds is 1. The predicted molar refractivity (Wildman–Crippen MR) is 41.0 cm³/mol. The van der Waals surface area contributed by atoms with Gasteiger partial charge in [0.05, 0.1) is 6.54 Å². The third-order valence-corrected chi connectivity index (χ3v) is 1.75. The van der Waals surface area contributed by atoms with Crippen molar-refractivity contribution in [3.63, 3.8) is 0 Å². The van der Waals surface area contributed by atoms with Gasteiger partial charge in [0.1, 0.15) is 5.84 Å². The van der Waals surface area contributed by atoms with Crippen LogP contribution in [0.15, 0.2) is 17.4 Å². The van der Waals surface area contributed by atoms with Gasteiger partial charge >= 0.3 is 0 Å². The van der Waals surface area contributed by atoms with Crippen LogP contribution >= 0.6 is 11.9 Å². The van der Waals surface area contributed by atoms with Gasteiger partial charge in [-0.2, -0.15) is 0 Å². The first-order chi connectivity index (χ1) is 4.33. The summed E-state index contributed by atoms with van der Waals surface area (Å²) in [6.45, 7) is 0.734. The number of hydrogen-bond acceptors (Lipinski definition) is 4. The van der Waals surface area contributed by atoms with E-state index in [0.717, 1.165) is 6.54 Å². The highest BCUT2D eigenvalue weighted by atomic mass is 32.2. The lowest BCUT2D eigenvalue weighted by molar-refractivity contribution is 0.705. The molecule has 0 bridgehead atoms. The maximum atomic E-state index is 5.44. The van der Waals surface area contributed by atoms with E-state index < -0.39 is 0 Å². The average molecular weight is 143 g/mol. The van der Waals surface area contributed by atoms with E-state index in [1.807, 2.05) is 16.8 Å². The number of hydrogen-bond donors (Lipinski definition) is 1. The van der Waals surface area contributed by atoms with Gasteiger partial charge in [0.25, 0.3) is 0 Å². The molecule has 0 saturated heterocycles. The fourth-order valence-electron chi connectivity index (χ4n) is 0.582. The molecule has 0 atom stereocenters. The van der Waals surface area contributed by atoms with Crippen molar-refractivity contribution in [2.75, 3.05) is 12.8 Å². The van der Waals surface area contributed by atoms with Crippen molar-refractivity contribution in [2.45, 2.75) is 0 Å². The van der Waals surface area contributed by atoms with Crippen LogP contribution in [0.4, 0.5) is 0 Å². The molecule has 9 heavy (non-hydrogen) atoms. The number of nitrogens with two attached hydrogens (primary N) is 1. The molecule has 0 saturated carbocycles. The summed E-state index contributed by atoms with van der Waals surface area (Å²) >= 11 is 1.64. The van der Waals surface area contributed by atoms with E-state index in [0.29, 0.717) is 5.84 Å². The SMILES string of the molecule is CSN1C=CN=C(N)C1. The quantitative estimate of drug-likeness (QED) is 0.540. The van der Waals surface area contributed by atoms with Crippen LogP contribution in [-0.4, -0.2) is 22.9 Å². The van der Waals surface area contributed by atoms with E-state index >= 15 is 0 Å². The summed E-state index contributed by atoms with van der Waals surface area (Å²) in [5, 5.41) is 0. The first kappa shape index (κ1) is 6.48. The summed E-state index contributed by atoms with van der Waals surface area (Å²) in [7, 11) is 0. The summed E-state index contributed by atoms with van der Waals surface area (Å²) in [5.74, 6) is 0.673. The van der Waals surface area contributed by atoms with Crippen LogP contribution in [0.3, 0.4) is 0 Å². The van der Waals surface area contributed by atoms with Crippen molar-refractivity contribution in [3.8, 4) is 0 Å². The van der Waals surface area contributed by atoms with Gasteiger partial charge in [0, 0.05) is 18.7 Å². The Bertz CT molecular complexity index is 152. The summed E-state index contributed by atoms with van der Waals surface area (Å²) in [6.07, 6.45) is 5.61. The van der Waals surface area contributed by atoms with E-state index in [1.54, 1.807) is 18.1 Å². The molecule has 50 valence electrons. The normalized spacial score (nSPS) is 17.9. The second-order valence-corrected chi connectivity index (χ2v) is 2.51. The fraction of sp³-hybridized carbons (Fsp3) is 0.400. The second-order valence-electron chi connectivity index (χ2n) is 1.68. The summed E-state index contributed by atoms with van der Waals surface area (Å²) in [6, 6.07) is 0. The Balaban J connectivity index is 2.51. The number of aliphatic imine (C=N–C) groups is 1. The van der Waals surface area contributed by atoms with Gasteiger partial charge in [0.15, 0.2) is 0 Å². The molecule has 0 spiro atoms. The topological polar surface area (TPSA) is 41.6 Å². The Morgan fingerprint density at radius 2 is 2.67 bits per heavy atom. The van der Waals surface area contributed by atoms with Crippen molar-refractivity contribution in [1.82, 2.24) is 4.31 Å². The summed E-state index contributed by atoms with van der Waals surface area (Å²) in [4.78, 5) is 3.89. The van der Waals surface area contributed by atoms with Gasteiger partial charge in [0.2, 0.25) is 0 Å². The molecule has 1 aliphatic rings. The highest BCUT2D eigenvalue weighted by Gasteiger charge is 2.02. The van der Waals surface area contributed by atoms with Crippen molar-refractivity contribution in [1.29, 1.82) is 0 Å². The molecule has 0 aliphatic carbocycles. The molecular weight excluding hydrogens is 134 g/mol. The largest absolute Gasteiger partial charge is 0.386 e. The molecule has 1 heterocycles. The highest BCUT2D eigenvalue weighted by molar-refractivity contribution is 7.96. The Kier molecular flexibility index (Phi) is 2.00. The zero-order chi connectivity index (χ0) is 6.69. The zero-order valence-electron chi connectivity index (χ0n) is 5.24. The first-order valence-electron chi connectivity index (χ1n) is 2.62. The Morgan fingerprint density at radius 1 is 1.89 bits per heavy atom. The van der Waals surface area contributed by atoms with Crippen LogP contribution < -0.4 is 5.73 Å². The highest BCUT2D eigenvalue weighted by Crippen LogP contribution is 2.07. The molecule has 0 unspecified atom stereocenters. The minimum Gasteiger partial charge on any atom is -0.386 e. The molecule has 3 nitrogen and oxygen atoms in total. The van der Waals surface area contributed by atoms with Crippen molar-refractivity contribution < 1.29 is 0 Å². The van der Waals surface area contributed by atoms with Crippen molar-refractivity contribution >= 4 is 17.8 Å². The maximum absolute atomic E-state index is 5.44. The van der Waals surface area contributed by atoms with Crippen LogP contribution in [0.2, 0.25) is 0 Å². The summed E-state index contributed by atoms with van der Waals surface area (Å²) < 4.78 is 2.02. The molecule has 1 aliphatic heterocycles. The monoisotopic (exact) mass is 143 g/mol. The second kappa shape index (κ2) is 2.77. The lowest BCUT2D eigenvalue weighted by Crippen LogP contribution is -2.27. The average Bonchev–Trinajstić information content (AvgIpc) is 1.88. The van der Waals surface area contributed by atoms with E-state index in [-0.39, 0.29) is 0 Å². The lowest BCUT2D eigenvalue weighted by atomic mass is 10.5. The zero-order valence-corrected chi connectivity index (χ0v) is 6.06. The molecule has 2 N–H and O–H groups in total. The minimum atomic E-state index is 0.673. The molecule has 0 aromatic heterocycles. The molecule has 0 radical (unpaired) electrons. The Labute approximate surface area is 58.8 Å². The molecule has 0 aromatic rings. The van der Waals surface area contributed by atoms with E-state index in [9.17, 15) is 0 Å². The summed E-state index contributed by atoms with van der Waals surface area (Å²) in [5.41, 5.74) is 5.44. The van der Waals surface area contributed by atoms with Gasteiger partial charge in [-0.05, 0) is 0 Å². The van der Waals surface area contributed by atoms with Gasteiger partial charge in [-0.1, -0.05) is 11.9 Å². The van der Waals surface area contributed by atoms with Gasteiger partial charge < -0.3 is 10.0 Å². The van der Waals surface area contributed by atoms with Crippen LogP contribution in [0, 0.1) is 0 Å². The first-order valence-corrected chi connectivity index (χ1v) is 3.80. The Morgan fingerprint density at radius 3 is 3.11 bits per heavy atom. The maximum Gasteiger partial charge on any atom is 0.120 e. The van der Waals surface area contributed by atoms with Gasteiger partial charge in [-0.15, -0.1) is 0 Å². The predicted octanol–water partition coefficient (Wildman–Crippen LogP) is 0.408. The minimum absolute atomic E-state index is 0.673. The molecular formula is C5H9N3S. The molecule has 0 amide bonds. The van der Waals surface area contributed by atoms with E-state index in [4.69, 9.17) is 5.73 Å². The van der Waals surface area contributed by atoms with Gasteiger partial charge in [-0.3, -0.25) is 0 Å². The lowest BCUT2D eigenvalue weighted by Gasteiger charge is -2.17. The number of nitrogens with zero attached hydrogens (tertiary/aromatic N) is 2. The molecule has 0 fully saturated rings. The van der Waals surface area contributed by atoms with Crippen molar-refractivity contribution in [2.24, 2.45) is 10.7 Å². The fourth-order valence-corrected chi connectivity index (χ4v) is 1.02. The van der Waals surface area contributed by atoms with Crippen LogP contribution in [0.5, 0.6) is 0 Å². The molecule has 0 aromatic carbocycles. The van der Waals surface area contributed by atoms with Crippen molar-refractivity contribution in [3.05, 3.63) is 12.4 Å². The smallest absolute Gasteiger partial charge is 0.120 e. The molecule has 4 heteroatoms. The van der Waals surface area contributed by atoms with E-state index in [2.05, 4.69) is 4.99 Å². The standard InChI is InChI=1S/C5H9N3S/c1-9-8-3-2-7-5(6)4-8/h2-3H,4H2,1H3,(H2,6,7). The number of amidine groups is 1. The van der Waals surface area contributed by atoms with Crippen LogP contribution in [-0.2, 0) is 0 Å². The third kappa shape index (κ3) is 1.64. The Hall–Kier alpha value is -0.640. The van der Waals surface area contributed by atoms with Gasteiger partial charge in [-0.25, -0.2) is 4.99 Å². The third-order valence-electron chi connectivity index (χ3n) is 1.03. The van der Waals surface area contributed by atoms with E-state index in [1.165, 1.54) is 0 Å². The molecule has 1 rings (SSSR count). The van der Waals surface area contributed by atoms with Crippen LogP contribution in [0.25, 0.3) is 0 Å².